The van der Waals surface area contributed by atoms with Crippen molar-refractivity contribution in [2.24, 2.45) is 5.92 Å². The smallest absolute Gasteiger partial charge is 0.321 e. The number of anilines is 1. The third-order valence-corrected chi connectivity index (χ3v) is 4.27. The Bertz CT molecular complexity index is 951. The number of nitrogens with one attached hydrogen (secondary N) is 1. The minimum absolute atomic E-state index is 0.208. The fourth-order valence-corrected chi connectivity index (χ4v) is 3.26. The maximum atomic E-state index is 12.6. The Balaban J connectivity index is 1.96. The summed E-state index contributed by atoms with van der Waals surface area (Å²) < 4.78 is 7.02. The number of ether oxygens (including phenoxy) is 1. The van der Waals surface area contributed by atoms with Crippen LogP contribution in [0.1, 0.15) is 18.5 Å². The molecule has 0 radical (unpaired) electrons. The maximum Gasteiger partial charge on any atom is 0.321 e. The Kier molecular flexibility index (Phi) is 3.68. The quantitative estimate of drug-likeness (QED) is 0.585. The van der Waals surface area contributed by atoms with Crippen LogP contribution in [0.25, 0.3) is 11.0 Å². The Morgan fingerprint density at radius 1 is 1.28 bits per heavy atom. The van der Waals surface area contributed by atoms with E-state index in [-0.39, 0.29) is 6.61 Å². The van der Waals surface area contributed by atoms with E-state index in [1.165, 1.54) is 0 Å². The lowest BCUT2D eigenvalue weighted by molar-refractivity contribution is -0.152. The van der Waals surface area contributed by atoms with Gasteiger partial charge in [-0.25, -0.2) is 4.98 Å². The third-order valence-electron chi connectivity index (χ3n) is 4.27. The zero-order valence-electron chi connectivity index (χ0n) is 13.5. The van der Waals surface area contributed by atoms with Crippen molar-refractivity contribution in [1.82, 2.24) is 14.5 Å². The van der Waals surface area contributed by atoms with Gasteiger partial charge in [-0.1, -0.05) is 18.2 Å². The van der Waals surface area contributed by atoms with Gasteiger partial charge in [-0.2, -0.15) is 0 Å². The first-order chi connectivity index (χ1) is 12.2. The van der Waals surface area contributed by atoms with Gasteiger partial charge in [-0.3, -0.25) is 19.9 Å². The molecule has 0 aliphatic carbocycles. The van der Waals surface area contributed by atoms with E-state index in [0.717, 1.165) is 16.6 Å². The summed E-state index contributed by atoms with van der Waals surface area (Å²) in [7, 11) is 0. The van der Waals surface area contributed by atoms with E-state index in [2.05, 4.69) is 15.3 Å². The molecule has 126 valence electrons. The summed E-state index contributed by atoms with van der Waals surface area (Å²) in [5.74, 6) is -1.57. The predicted molar refractivity (Wildman–Crippen MR) is 90.9 cm³/mol. The number of hydrogen-bond acceptors (Lipinski definition) is 5. The van der Waals surface area contributed by atoms with E-state index in [9.17, 15) is 9.59 Å². The zero-order valence-corrected chi connectivity index (χ0v) is 13.5. The Labute approximate surface area is 143 Å². The number of amides is 1. The Hall–Kier alpha value is -3.22. The second kappa shape index (κ2) is 6.01. The molecule has 25 heavy (non-hydrogen) atoms. The second-order valence-electron chi connectivity index (χ2n) is 5.74. The zero-order chi connectivity index (χ0) is 17.4. The number of nitrogens with zero attached hydrogens (tertiary/aromatic N) is 3. The summed E-state index contributed by atoms with van der Waals surface area (Å²) in [6, 6.07) is 10.6. The maximum absolute atomic E-state index is 12.6. The van der Waals surface area contributed by atoms with Gasteiger partial charge < -0.3 is 9.30 Å². The number of carbonyl (C=O) groups is 2. The van der Waals surface area contributed by atoms with Gasteiger partial charge in [0.1, 0.15) is 0 Å². The monoisotopic (exact) mass is 336 g/mol. The number of para-hydroxylation sites is 2. The number of pyridine rings is 1. The van der Waals surface area contributed by atoms with Gasteiger partial charge in [-0.15, -0.1) is 0 Å². The lowest BCUT2D eigenvalue weighted by atomic mass is 9.91. The first-order valence-electron chi connectivity index (χ1n) is 8.05. The van der Waals surface area contributed by atoms with Crippen LogP contribution < -0.4 is 5.32 Å². The number of benzene rings is 1. The topological polar surface area (TPSA) is 86.1 Å². The molecule has 3 aromatic rings. The minimum Gasteiger partial charge on any atom is -0.465 e. The van der Waals surface area contributed by atoms with Crippen LogP contribution in [-0.4, -0.2) is 33.0 Å². The number of imidazole rings is 1. The van der Waals surface area contributed by atoms with E-state index < -0.39 is 23.8 Å². The van der Waals surface area contributed by atoms with Gasteiger partial charge in [0.25, 0.3) is 0 Å². The number of esters is 1. The van der Waals surface area contributed by atoms with Gasteiger partial charge in [-0.05, 0) is 30.7 Å². The molecule has 7 heteroatoms. The molecule has 1 N–H and O–H groups in total. The van der Waals surface area contributed by atoms with Gasteiger partial charge in [0.05, 0.1) is 23.7 Å². The molecule has 0 bridgehead atoms. The average Bonchev–Trinajstić information content (AvgIpc) is 2.99. The van der Waals surface area contributed by atoms with Crippen LogP contribution in [0.2, 0.25) is 0 Å². The summed E-state index contributed by atoms with van der Waals surface area (Å²) in [6.45, 7) is 1.93. The number of carbonyl (C=O) groups excluding carboxylic acids is 2. The number of rotatable bonds is 3. The molecule has 1 aliphatic heterocycles. The van der Waals surface area contributed by atoms with Gasteiger partial charge in [0, 0.05) is 12.4 Å². The van der Waals surface area contributed by atoms with Gasteiger partial charge in [0.2, 0.25) is 11.9 Å². The van der Waals surface area contributed by atoms with Crippen LogP contribution in [0.3, 0.4) is 0 Å². The van der Waals surface area contributed by atoms with Crippen molar-refractivity contribution in [3.05, 3.63) is 54.4 Å². The second-order valence-corrected chi connectivity index (χ2v) is 5.74. The molecule has 0 saturated heterocycles. The van der Waals surface area contributed by atoms with Crippen molar-refractivity contribution in [2.75, 3.05) is 11.9 Å². The van der Waals surface area contributed by atoms with E-state index in [4.69, 9.17) is 4.74 Å². The van der Waals surface area contributed by atoms with Crippen LogP contribution in [0, 0.1) is 5.92 Å². The summed E-state index contributed by atoms with van der Waals surface area (Å²) in [5.41, 5.74) is 2.33. The SMILES string of the molecule is CCOC(=O)[C@H]1C(=O)Nc2nc3ccccc3n2[C@H]1c1cccnc1. The normalized spacial score (nSPS) is 19.3. The molecule has 3 heterocycles. The van der Waals surface area contributed by atoms with Crippen molar-refractivity contribution in [2.45, 2.75) is 13.0 Å². The molecule has 2 aromatic heterocycles. The minimum atomic E-state index is -1.01. The van der Waals surface area contributed by atoms with E-state index in [1.54, 1.807) is 25.4 Å². The van der Waals surface area contributed by atoms with E-state index >= 15 is 0 Å². The molecule has 0 unspecified atom stereocenters. The molecule has 0 spiro atoms. The number of hydrogen-bond donors (Lipinski definition) is 1. The fourth-order valence-electron chi connectivity index (χ4n) is 3.26. The molecular formula is C18H16N4O3. The van der Waals surface area contributed by atoms with E-state index in [1.807, 2.05) is 34.9 Å². The first kappa shape index (κ1) is 15.3. The highest BCUT2D eigenvalue weighted by molar-refractivity contribution is 6.07. The molecule has 1 aliphatic rings. The molecule has 0 saturated carbocycles. The fraction of sp³-hybridized carbons (Fsp3) is 0.222. The van der Waals surface area contributed by atoms with Crippen LogP contribution >= 0.6 is 0 Å². The molecule has 1 amide bonds. The van der Waals surface area contributed by atoms with Crippen LogP contribution in [0.5, 0.6) is 0 Å². The average molecular weight is 336 g/mol. The van der Waals surface area contributed by atoms with Crippen LogP contribution in [0.4, 0.5) is 5.95 Å². The van der Waals surface area contributed by atoms with Crippen LogP contribution in [0.15, 0.2) is 48.8 Å². The number of aromatic nitrogens is 3. The highest BCUT2D eigenvalue weighted by Crippen LogP contribution is 2.38. The molecular weight excluding hydrogens is 320 g/mol. The molecule has 0 fully saturated rings. The molecule has 1 aromatic carbocycles. The molecule has 2 atom stereocenters. The highest BCUT2D eigenvalue weighted by Gasteiger charge is 2.44. The van der Waals surface area contributed by atoms with Crippen molar-refractivity contribution < 1.29 is 14.3 Å². The van der Waals surface area contributed by atoms with Gasteiger partial charge >= 0.3 is 5.97 Å². The highest BCUT2D eigenvalue weighted by atomic mass is 16.5. The summed E-state index contributed by atoms with van der Waals surface area (Å²) in [4.78, 5) is 33.8. The largest absolute Gasteiger partial charge is 0.465 e. The van der Waals surface area contributed by atoms with Crippen molar-refractivity contribution in [3.63, 3.8) is 0 Å². The lowest BCUT2D eigenvalue weighted by Crippen LogP contribution is -2.43. The molecule has 7 nitrogen and oxygen atoms in total. The Morgan fingerprint density at radius 2 is 2.12 bits per heavy atom. The predicted octanol–water partition coefficient (Wildman–Crippen LogP) is 2.15. The van der Waals surface area contributed by atoms with Gasteiger partial charge in [0.15, 0.2) is 5.92 Å². The first-order valence-corrected chi connectivity index (χ1v) is 8.05. The third kappa shape index (κ3) is 2.44. The lowest BCUT2D eigenvalue weighted by Gasteiger charge is -2.31. The van der Waals surface area contributed by atoms with Crippen molar-refractivity contribution in [1.29, 1.82) is 0 Å². The number of fused-ring (bicyclic) bond motifs is 3. The molecule has 4 rings (SSSR count). The van der Waals surface area contributed by atoms with Crippen LogP contribution in [-0.2, 0) is 14.3 Å². The standard InChI is InChI=1S/C18H16N4O3/c1-2-25-17(24)14-15(11-6-5-9-19-10-11)22-13-8-4-3-7-12(13)20-18(22)21-16(14)23/h3-10,14-15H,2H2,1H3,(H,20,21,23)/t14-,15+/m1/s1. The Morgan fingerprint density at radius 3 is 2.88 bits per heavy atom. The summed E-state index contributed by atoms with van der Waals surface area (Å²) in [5, 5.41) is 2.73. The van der Waals surface area contributed by atoms with Crippen molar-refractivity contribution >= 4 is 28.9 Å². The van der Waals surface area contributed by atoms with Crippen molar-refractivity contribution in [3.8, 4) is 0 Å². The van der Waals surface area contributed by atoms with E-state index in [0.29, 0.717) is 5.95 Å². The summed E-state index contributed by atoms with van der Waals surface area (Å²) in [6.07, 6.45) is 3.31. The summed E-state index contributed by atoms with van der Waals surface area (Å²) >= 11 is 0.